The quantitative estimate of drug-likeness (QED) is 0.663. The van der Waals surface area contributed by atoms with E-state index in [1.54, 1.807) is 7.05 Å². The highest BCUT2D eigenvalue weighted by Gasteiger charge is 2.29. The Morgan fingerprint density at radius 2 is 2.00 bits per heavy atom. The van der Waals surface area contributed by atoms with Gasteiger partial charge in [0.1, 0.15) is 5.69 Å². The molecular formula is C13H10BrF3N4O. The molecule has 0 saturated heterocycles. The largest absolute Gasteiger partial charge is 0.416 e. The Kier molecular flexibility index (Phi) is 4.65. The number of carbonyl (C=O) groups excluding carboxylic acids is 1. The lowest BCUT2D eigenvalue weighted by atomic mass is 10.1. The number of carbonyl (C=O) groups is 1. The highest BCUT2D eigenvalue weighted by Crippen LogP contribution is 2.28. The van der Waals surface area contributed by atoms with E-state index in [2.05, 4.69) is 31.6 Å². The van der Waals surface area contributed by atoms with Gasteiger partial charge in [-0.2, -0.15) is 23.4 Å². The SMILES string of the molecule is Cn1ncc(Br)c1C(=O)N/N=C\c1ccc(C(F)(F)F)cc1. The number of alkyl halides is 3. The summed E-state index contributed by atoms with van der Waals surface area (Å²) >= 11 is 3.18. The second kappa shape index (κ2) is 6.30. The van der Waals surface area contributed by atoms with Crippen molar-refractivity contribution in [2.45, 2.75) is 6.18 Å². The summed E-state index contributed by atoms with van der Waals surface area (Å²) < 4.78 is 39.1. The van der Waals surface area contributed by atoms with Crippen LogP contribution in [-0.2, 0) is 13.2 Å². The van der Waals surface area contributed by atoms with Gasteiger partial charge in [-0.25, -0.2) is 5.43 Å². The van der Waals surface area contributed by atoms with Crippen LogP contribution in [0.15, 0.2) is 40.0 Å². The number of hydrogen-bond acceptors (Lipinski definition) is 3. The first-order chi connectivity index (χ1) is 10.3. The second-order valence-electron chi connectivity index (χ2n) is 4.28. The molecule has 5 nitrogen and oxygen atoms in total. The van der Waals surface area contributed by atoms with E-state index in [9.17, 15) is 18.0 Å². The van der Waals surface area contributed by atoms with Gasteiger partial charge in [-0.3, -0.25) is 9.48 Å². The van der Waals surface area contributed by atoms with Crippen molar-refractivity contribution in [2.24, 2.45) is 12.1 Å². The van der Waals surface area contributed by atoms with Crippen LogP contribution < -0.4 is 5.43 Å². The highest BCUT2D eigenvalue weighted by molar-refractivity contribution is 9.10. The molecule has 1 N–H and O–H groups in total. The fraction of sp³-hybridized carbons (Fsp3) is 0.154. The fourth-order valence-electron chi connectivity index (χ4n) is 1.64. The van der Waals surface area contributed by atoms with Crippen LogP contribution in [-0.4, -0.2) is 21.9 Å². The molecule has 0 spiro atoms. The fourth-order valence-corrected chi connectivity index (χ4v) is 2.17. The molecule has 0 aliphatic carbocycles. The Labute approximate surface area is 131 Å². The van der Waals surface area contributed by atoms with Crippen molar-refractivity contribution < 1.29 is 18.0 Å². The predicted molar refractivity (Wildman–Crippen MR) is 77.4 cm³/mol. The maximum atomic E-state index is 12.4. The molecule has 1 aromatic heterocycles. The van der Waals surface area contributed by atoms with Crippen LogP contribution in [0.25, 0.3) is 0 Å². The predicted octanol–water partition coefficient (Wildman–Crippen LogP) is 2.97. The van der Waals surface area contributed by atoms with Gasteiger partial charge in [0.05, 0.1) is 22.4 Å². The van der Waals surface area contributed by atoms with Gasteiger partial charge in [-0.05, 0) is 33.6 Å². The summed E-state index contributed by atoms with van der Waals surface area (Å²) in [6.45, 7) is 0. The van der Waals surface area contributed by atoms with Crippen LogP contribution in [0, 0.1) is 0 Å². The summed E-state index contributed by atoms with van der Waals surface area (Å²) in [5, 5.41) is 7.59. The molecule has 2 aromatic rings. The first-order valence-electron chi connectivity index (χ1n) is 5.97. The van der Waals surface area contributed by atoms with Crippen LogP contribution in [0.5, 0.6) is 0 Å². The van der Waals surface area contributed by atoms with Gasteiger partial charge in [0.25, 0.3) is 5.91 Å². The van der Waals surface area contributed by atoms with E-state index < -0.39 is 17.6 Å². The van der Waals surface area contributed by atoms with Gasteiger partial charge in [0.15, 0.2) is 0 Å². The standard InChI is InChI=1S/C13H10BrF3N4O/c1-21-11(10(14)7-19-21)12(22)20-18-6-8-2-4-9(5-3-8)13(15,16)17/h2-7H,1H3,(H,20,22)/b18-6-. The summed E-state index contributed by atoms with van der Waals surface area (Å²) in [5.41, 5.74) is 2.24. The Morgan fingerprint density at radius 3 is 2.50 bits per heavy atom. The van der Waals surface area contributed by atoms with E-state index >= 15 is 0 Å². The molecular weight excluding hydrogens is 365 g/mol. The van der Waals surface area contributed by atoms with Gasteiger partial charge in [0.2, 0.25) is 0 Å². The molecule has 0 atom stereocenters. The van der Waals surface area contributed by atoms with Crippen molar-refractivity contribution in [2.75, 3.05) is 0 Å². The zero-order valence-electron chi connectivity index (χ0n) is 11.2. The lowest BCUT2D eigenvalue weighted by molar-refractivity contribution is -0.137. The third-order valence-electron chi connectivity index (χ3n) is 2.73. The molecule has 1 amide bonds. The lowest BCUT2D eigenvalue weighted by Gasteiger charge is -2.05. The second-order valence-corrected chi connectivity index (χ2v) is 5.14. The number of amides is 1. The van der Waals surface area contributed by atoms with Gasteiger partial charge in [-0.1, -0.05) is 12.1 Å². The van der Waals surface area contributed by atoms with Crippen LogP contribution in [0.2, 0.25) is 0 Å². The number of aromatic nitrogens is 2. The van der Waals surface area contributed by atoms with Crippen molar-refractivity contribution in [1.29, 1.82) is 0 Å². The number of halogens is 4. The molecule has 1 aromatic carbocycles. The molecule has 0 radical (unpaired) electrons. The molecule has 1 heterocycles. The van der Waals surface area contributed by atoms with E-state index in [0.29, 0.717) is 10.0 Å². The maximum Gasteiger partial charge on any atom is 0.416 e. The number of hydrazone groups is 1. The third-order valence-corrected chi connectivity index (χ3v) is 3.31. The zero-order chi connectivity index (χ0) is 16.3. The number of benzene rings is 1. The monoisotopic (exact) mass is 374 g/mol. The average molecular weight is 375 g/mol. The zero-order valence-corrected chi connectivity index (χ0v) is 12.8. The van der Waals surface area contributed by atoms with Crippen molar-refractivity contribution in [3.05, 3.63) is 51.8 Å². The minimum absolute atomic E-state index is 0.282. The summed E-state index contributed by atoms with van der Waals surface area (Å²) in [6.07, 6.45) is -1.66. The van der Waals surface area contributed by atoms with E-state index in [-0.39, 0.29) is 5.69 Å². The van der Waals surface area contributed by atoms with Gasteiger partial charge in [-0.15, -0.1) is 0 Å². The first-order valence-corrected chi connectivity index (χ1v) is 6.76. The van der Waals surface area contributed by atoms with Crippen molar-refractivity contribution >= 4 is 28.1 Å². The number of hydrogen-bond donors (Lipinski definition) is 1. The molecule has 0 bridgehead atoms. The summed E-state index contributed by atoms with van der Waals surface area (Å²) in [6, 6.07) is 4.42. The molecule has 2 rings (SSSR count). The minimum Gasteiger partial charge on any atom is -0.266 e. The normalized spacial score (nSPS) is 11.9. The Balaban J connectivity index is 2.02. The van der Waals surface area contributed by atoms with Crippen LogP contribution in [0.3, 0.4) is 0 Å². The summed E-state index contributed by atoms with van der Waals surface area (Å²) in [4.78, 5) is 11.9. The average Bonchev–Trinajstić information content (AvgIpc) is 2.77. The minimum atomic E-state index is -4.38. The van der Waals surface area contributed by atoms with Crippen LogP contribution >= 0.6 is 15.9 Å². The molecule has 22 heavy (non-hydrogen) atoms. The van der Waals surface area contributed by atoms with Crippen LogP contribution in [0.4, 0.5) is 13.2 Å². The van der Waals surface area contributed by atoms with Gasteiger partial charge >= 0.3 is 6.18 Å². The third kappa shape index (κ3) is 3.73. The maximum absolute atomic E-state index is 12.4. The smallest absolute Gasteiger partial charge is 0.266 e. The van der Waals surface area contributed by atoms with Crippen molar-refractivity contribution in [3.8, 4) is 0 Å². The van der Waals surface area contributed by atoms with Gasteiger partial charge in [0, 0.05) is 7.05 Å². The molecule has 0 unspecified atom stereocenters. The molecule has 0 aliphatic rings. The first kappa shape index (κ1) is 16.2. The lowest BCUT2D eigenvalue weighted by Crippen LogP contribution is -2.21. The molecule has 0 fully saturated rings. The molecule has 9 heteroatoms. The van der Waals surface area contributed by atoms with Crippen LogP contribution in [0.1, 0.15) is 21.6 Å². The number of rotatable bonds is 3. The number of nitrogens with zero attached hydrogens (tertiary/aromatic N) is 3. The Morgan fingerprint density at radius 1 is 1.36 bits per heavy atom. The van der Waals surface area contributed by atoms with E-state index in [4.69, 9.17) is 0 Å². The Hall–Kier alpha value is -2.16. The summed E-state index contributed by atoms with van der Waals surface area (Å²) in [7, 11) is 1.60. The van der Waals surface area contributed by atoms with E-state index in [1.165, 1.54) is 29.2 Å². The van der Waals surface area contributed by atoms with E-state index in [1.807, 2.05) is 0 Å². The van der Waals surface area contributed by atoms with Crippen molar-refractivity contribution in [1.82, 2.24) is 15.2 Å². The molecule has 0 aliphatic heterocycles. The summed E-state index contributed by atoms with van der Waals surface area (Å²) in [5.74, 6) is -0.491. The topological polar surface area (TPSA) is 59.3 Å². The Bertz CT molecular complexity index is 688. The van der Waals surface area contributed by atoms with Gasteiger partial charge < -0.3 is 0 Å². The van der Waals surface area contributed by atoms with Crippen molar-refractivity contribution in [3.63, 3.8) is 0 Å². The number of aryl methyl sites for hydroxylation is 1. The van der Waals surface area contributed by atoms with E-state index in [0.717, 1.165) is 12.1 Å². The molecule has 116 valence electrons. The highest BCUT2D eigenvalue weighted by atomic mass is 79.9. The number of nitrogens with one attached hydrogen (secondary N) is 1. The molecule has 0 saturated carbocycles.